The van der Waals surface area contributed by atoms with E-state index in [2.05, 4.69) is 19.2 Å². The molecule has 1 aromatic rings. The van der Waals surface area contributed by atoms with Crippen molar-refractivity contribution in [2.45, 2.75) is 39.7 Å². The molecule has 128 valence electrons. The maximum atomic E-state index is 12.4. The van der Waals surface area contributed by atoms with Crippen molar-refractivity contribution in [2.75, 3.05) is 19.6 Å². The molecule has 1 aromatic carbocycles. The number of urea groups is 1. The molecule has 0 radical (unpaired) electrons. The van der Waals surface area contributed by atoms with Gasteiger partial charge in [-0.3, -0.25) is 0 Å². The van der Waals surface area contributed by atoms with Crippen LogP contribution in [0.25, 0.3) is 0 Å². The van der Waals surface area contributed by atoms with Gasteiger partial charge in [0, 0.05) is 13.1 Å². The molecule has 1 atom stereocenters. The van der Waals surface area contributed by atoms with Crippen LogP contribution in [0.15, 0.2) is 24.3 Å². The van der Waals surface area contributed by atoms with Crippen LogP contribution in [-0.2, 0) is 0 Å². The van der Waals surface area contributed by atoms with Crippen molar-refractivity contribution in [2.24, 2.45) is 11.3 Å². The van der Waals surface area contributed by atoms with Crippen LogP contribution in [0.1, 0.15) is 45.3 Å². The minimum atomic E-state index is -0.812. The van der Waals surface area contributed by atoms with Gasteiger partial charge in [-0.05, 0) is 48.8 Å². The summed E-state index contributed by atoms with van der Waals surface area (Å²) in [6.45, 7) is 7.72. The van der Waals surface area contributed by atoms with Gasteiger partial charge in [0.2, 0.25) is 0 Å². The minimum Gasteiger partial charge on any atom is -0.508 e. The SMILES string of the molecule is CCN(C[C@H](O)c1cccc(O)c1)C(=O)NCC1(C(C)C)CC1. The van der Waals surface area contributed by atoms with Crippen molar-refractivity contribution in [3.05, 3.63) is 29.8 Å². The molecule has 2 amide bonds. The standard InChI is InChI=1S/C18H28N2O3/c1-4-20(11-16(22)14-6-5-7-15(21)10-14)17(23)19-12-18(8-9-18)13(2)3/h5-7,10,13,16,21-22H,4,8-9,11-12H2,1-3H3,(H,19,23)/t16-/m0/s1. The lowest BCUT2D eigenvalue weighted by atomic mass is 9.92. The molecule has 5 heteroatoms. The monoisotopic (exact) mass is 320 g/mol. The van der Waals surface area contributed by atoms with Crippen LogP contribution in [0.5, 0.6) is 5.75 Å². The van der Waals surface area contributed by atoms with Crippen molar-refractivity contribution in [1.29, 1.82) is 0 Å². The number of aliphatic hydroxyl groups is 1. The maximum absolute atomic E-state index is 12.4. The third-order valence-corrected chi connectivity index (χ3v) is 5.03. The van der Waals surface area contributed by atoms with Gasteiger partial charge in [0.1, 0.15) is 5.75 Å². The molecule has 0 spiro atoms. The quantitative estimate of drug-likeness (QED) is 0.723. The zero-order valence-electron chi connectivity index (χ0n) is 14.2. The second kappa shape index (κ2) is 7.21. The first-order valence-corrected chi connectivity index (χ1v) is 8.37. The van der Waals surface area contributed by atoms with Gasteiger partial charge in [-0.1, -0.05) is 26.0 Å². The lowest BCUT2D eigenvalue weighted by Crippen LogP contribution is -2.44. The highest BCUT2D eigenvalue weighted by Gasteiger charge is 2.45. The van der Waals surface area contributed by atoms with Crippen LogP contribution >= 0.6 is 0 Å². The zero-order chi connectivity index (χ0) is 17.0. The zero-order valence-corrected chi connectivity index (χ0v) is 14.2. The van der Waals surface area contributed by atoms with Crippen LogP contribution < -0.4 is 5.32 Å². The molecule has 0 aromatic heterocycles. The summed E-state index contributed by atoms with van der Waals surface area (Å²) in [5.41, 5.74) is 0.871. The van der Waals surface area contributed by atoms with Crippen molar-refractivity contribution >= 4 is 6.03 Å². The highest BCUT2D eigenvalue weighted by molar-refractivity contribution is 5.74. The average Bonchev–Trinajstić information content (AvgIpc) is 3.31. The number of carbonyl (C=O) groups excluding carboxylic acids is 1. The Balaban J connectivity index is 1.90. The van der Waals surface area contributed by atoms with E-state index in [-0.39, 0.29) is 23.7 Å². The molecule has 5 nitrogen and oxygen atoms in total. The third-order valence-electron chi connectivity index (χ3n) is 5.03. The number of phenolic OH excluding ortho intramolecular Hbond substituents is 1. The fourth-order valence-corrected chi connectivity index (χ4v) is 2.88. The molecule has 0 unspecified atom stereocenters. The minimum absolute atomic E-state index is 0.113. The van der Waals surface area contributed by atoms with Crippen LogP contribution in [0.3, 0.4) is 0 Å². The first-order chi connectivity index (χ1) is 10.9. The summed E-state index contributed by atoms with van der Waals surface area (Å²) < 4.78 is 0. The first kappa shape index (κ1) is 17.6. The Hall–Kier alpha value is -1.75. The summed E-state index contributed by atoms with van der Waals surface area (Å²) in [5.74, 6) is 0.678. The summed E-state index contributed by atoms with van der Waals surface area (Å²) in [5, 5.41) is 22.8. The molecule has 23 heavy (non-hydrogen) atoms. The first-order valence-electron chi connectivity index (χ1n) is 8.37. The predicted octanol–water partition coefficient (Wildman–Crippen LogP) is 2.89. The molecule has 2 rings (SSSR count). The topological polar surface area (TPSA) is 72.8 Å². The smallest absolute Gasteiger partial charge is 0.317 e. The van der Waals surface area contributed by atoms with Crippen LogP contribution in [0.4, 0.5) is 4.79 Å². The summed E-state index contributed by atoms with van der Waals surface area (Å²) in [6, 6.07) is 6.37. The average molecular weight is 320 g/mol. The maximum Gasteiger partial charge on any atom is 0.317 e. The molecule has 1 aliphatic carbocycles. The molecule has 1 aliphatic rings. The predicted molar refractivity (Wildman–Crippen MR) is 90.2 cm³/mol. The van der Waals surface area contributed by atoms with Crippen LogP contribution in [0.2, 0.25) is 0 Å². The fourth-order valence-electron chi connectivity index (χ4n) is 2.88. The Kier molecular flexibility index (Phi) is 5.52. The number of rotatable bonds is 7. The van der Waals surface area contributed by atoms with E-state index < -0.39 is 6.10 Å². The van der Waals surface area contributed by atoms with E-state index in [9.17, 15) is 15.0 Å². The molecule has 0 aliphatic heterocycles. The van der Waals surface area contributed by atoms with Gasteiger partial charge < -0.3 is 20.4 Å². The number of nitrogens with one attached hydrogen (secondary N) is 1. The lowest BCUT2D eigenvalue weighted by Gasteiger charge is -2.27. The molecule has 1 saturated carbocycles. The highest BCUT2D eigenvalue weighted by atomic mass is 16.3. The van der Waals surface area contributed by atoms with Gasteiger partial charge in [0.25, 0.3) is 0 Å². The number of hydrogen-bond donors (Lipinski definition) is 3. The number of likely N-dealkylation sites (N-methyl/N-ethyl adjacent to an activating group) is 1. The van der Waals surface area contributed by atoms with Crippen molar-refractivity contribution in [1.82, 2.24) is 10.2 Å². The van der Waals surface area contributed by atoms with Gasteiger partial charge in [0.15, 0.2) is 0 Å². The van der Waals surface area contributed by atoms with Crippen molar-refractivity contribution in [3.63, 3.8) is 0 Å². The molecule has 3 N–H and O–H groups in total. The van der Waals surface area contributed by atoms with Gasteiger partial charge in [0.05, 0.1) is 12.6 Å². The van der Waals surface area contributed by atoms with E-state index in [0.29, 0.717) is 24.6 Å². The Labute approximate surface area is 138 Å². The number of aromatic hydroxyl groups is 1. The molecule has 0 saturated heterocycles. The number of phenols is 1. The summed E-state index contributed by atoms with van der Waals surface area (Å²) in [6.07, 6.45) is 1.53. The number of nitrogens with zero attached hydrogens (tertiary/aromatic N) is 1. The third kappa shape index (κ3) is 4.38. The molecule has 0 bridgehead atoms. The van der Waals surface area contributed by atoms with Gasteiger partial charge >= 0.3 is 6.03 Å². The normalized spacial score (nSPS) is 16.9. The number of carbonyl (C=O) groups is 1. The molecular formula is C18H28N2O3. The second-order valence-electron chi connectivity index (χ2n) is 6.83. The summed E-state index contributed by atoms with van der Waals surface area (Å²) >= 11 is 0. The highest BCUT2D eigenvalue weighted by Crippen LogP contribution is 2.51. The van der Waals surface area contributed by atoms with Gasteiger partial charge in [-0.25, -0.2) is 4.79 Å². The van der Waals surface area contributed by atoms with E-state index in [1.165, 1.54) is 18.9 Å². The Bertz CT molecular complexity index is 541. The molecule has 1 fully saturated rings. The number of aliphatic hydroxyl groups excluding tert-OH is 1. The van der Waals surface area contributed by atoms with E-state index in [1.807, 2.05) is 6.92 Å². The van der Waals surface area contributed by atoms with E-state index in [1.54, 1.807) is 23.1 Å². The summed E-state index contributed by atoms with van der Waals surface area (Å²) in [7, 11) is 0. The number of benzene rings is 1. The lowest BCUT2D eigenvalue weighted by molar-refractivity contribution is 0.122. The summed E-state index contributed by atoms with van der Waals surface area (Å²) in [4.78, 5) is 14.0. The Morgan fingerprint density at radius 1 is 1.39 bits per heavy atom. The van der Waals surface area contributed by atoms with Crippen molar-refractivity contribution < 1.29 is 15.0 Å². The fraction of sp³-hybridized carbons (Fsp3) is 0.611. The number of hydrogen-bond acceptors (Lipinski definition) is 3. The molecule has 0 heterocycles. The van der Waals surface area contributed by atoms with Crippen LogP contribution in [0, 0.1) is 11.3 Å². The Morgan fingerprint density at radius 3 is 2.61 bits per heavy atom. The molecular weight excluding hydrogens is 292 g/mol. The second-order valence-corrected chi connectivity index (χ2v) is 6.83. The van der Waals surface area contributed by atoms with E-state index in [4.69, 9.17) is 0 Å². The van der Waals surface area contributed by atoms with E-state index in [0.717, 1.165) is 0 Å². The van der Waals surface area contributed by atoms with Crippen LogP contribution in [-0.4, -0.2) is 40.8 Å². The van der Waals surface area contributed by atoms with Gasteiger partial charge in [-0.2, -0.15) is 0 Å². The van der Waals surface area contributed by atoms with E-state index >= 15 is 0 Å². The Morgan fingerprint density at radius 2 is 2.09 bits per heavy atom. The largest absolute Gasteiger partial charge is 0.508 e. The van der Waals surface area contributed by atoms with Gasteiger partial charge in [-0.15, -0.1) is 0 Å². The number of amides is 2. The van der Waals surface area contributed by atoms with Crippen molar-refractivity contribution in [3.8, 4) is 5.75 Å².